The van der Waals surface area contributed by atoms with E-state index in [0.29, 0.717) is 11.3 Å². The molecule has 1 aromatic heterocycles. The zero-order chi connectivity index (χ0) is 22.2. The minimum atomic E-state index is -3.69. The van der Waals surface area contributed by atoms with E-state index in [1.54, 1.807) is 30.6 Å². The Hall–Kier alpha value is -3.46. The van der Waals surface area contributed by atoms with Gasteiger partial charge in [-0.3, -0.25) is 9.98 Å². The van der Waals surface area contributed by atoms with Gasteiger partial charge in [0.2, 0.25) is 10.0 Å². The van der Waals surface area contributed by atoms with Gasteiger partial charge < -0.3 is 10.6 Å². The zero-order valence-electron chi connectivity index (χ0n) is 17.7. The third kappa shape index (κ3) is 6.52. The summed E-state index contributed by atoms with van der Waals surface area (Å²) >= 11 is 0. The predicted octanol–water partition coefficient (Wildman–Crippen LogP) is 4.52. The molecule has 0 aliphatic rings. The van der Waals surface area contributed by atoms with Crippen LogP contribution in [0, 0.1) is 0 Å². The molecule has 4 aromatic rings. The van der Waals surface area contributed by atoms with Crippen molar-refractivity contribution < 1.29 is 8.42 Å². The van der Waals surface area contributed by atoms with Crippen LogP contribution in [-0.4, -0.2) is 32.5 Å². The number of hydrogen-bond donors (Lipinski definition) is 3. The highest BCUT2D eigenvalue weighted by Gasteiger charge is 2.16. The minimum Gasteiger partial charge on any atom is -0.326 e. The van der Waals surface area contributed by atoms with Crippen molar-refractivity contribution in [3.8, 4) is 0 Å². The summed E-state index contributed by atoms with van der Waals surface area (Å²) in [5.74, 6) is 0.526. The van der Waals surface area contributed by atoms with E-state index in [9.17, 15) is 8.42 Å². The number of fused-ring (bicyclic) bond motifs is 1. The van der Waals surface area contributed by atoms with E-state index in [1.807, 2.05) is 66.7 Å². The Morgan fingerprint density at radius 3 is 2.09 bits per heavy atom. The topological polar surface area (TPSA) is 95.5 Å². The maximum atomic E-state index is 12.9. The number of halogens is 1. The number of aliphatic imine (C=N–C) groups is 1. The summed E-state index contributed by atoms with van der Waals surface area (Å²) in [7, 11) is -3.69. The van der Waals surface area contributed by atoms with Gasteiger partial charge in [0.25, 0.3) is 0 Å². The van der Waals surface area contributed by atoms with E-state index in [0.717, 1.165) is 16.8 Å². The van der Waals surface area contributed by atoms with Gasteiger partial charge in [-0.2, -0.15) is 0 Å². The average molecular weight is 482 g/mol. The van der Waals surface area contributed by atoms with Crippen molar-refractivity contribution in [2.75, 3.05) is 23.7 Å². The lowest BCUT2D eigenvalue weighted by Crippen LogP contribution is -2.28. The number of guanidine groups is 1. The van der Waals surface area contributed by atoms with Crippen LogP contribution >= 0.6 is 12.4 Å². The van der Waals surface area contributed by atoms with Gasteiger partial charge in [0.05, 0.1) is 11.4 Å². The fourth-order valence-corrected chi connectivity index (χ4v) is 4.43. The normalized spacial score (nSPS) is 10.8. The van der Waals surface area contributed by atoms with Crippen LogP contribution in [0.2, 0.25) is 0 Å². The van der Waals surface area contributed by atoms with E-state index < -0.39 is 10.0 Å². The molecule has 1 heterocycles. The molecule has 0 atom stereocenters. The van der Waals surface area contributed by atoms with Gasteiger partial charge in [-0.05, 0) is 36.4 Å². The van der Waals surface area contributed by atoms with Crippen molar-refractivity contribution in [2.24, 2.45) is 4.99 Å². The molecule has 0 fully saturated rings. The number of nitrogens with zero attached hydrogens (tertiary/aromatic N) is 2. The lowest BCUT2D eigenvalue weighted by molar-refractivity contribution is 0.583. The Labute approximate surface area is 199 Å². The standard InChI is InChI=1S/C24H23N5O2S.ClH/c30-32(31,23-13-7-8-19-18-25-15-14-22(19)23)27-17-16-26-24(28-20-9-3-1-4-10-20)29-21-11-5-2-6-12-21;/h1-15,18,27H,16-17H2,(H2,26,28,29);1H. The molecule has 0 saturated heterocycles. The molecule has 4 rings (SSSR count). The monoisotopic (exact) mass is 481 g/mol. The average Bonchev–Trinajstić information content (AvgIpc) is 2.83. The van der Waals surface area contributed by atoms with Crippen LogP contribution in [0.25, 0.3) is 10.8 Å². The van der Waals surface area contributed by atoms with Crippen LogP contribution in [0.5, 0.6) is 0 Å². The van der Waals surface area contributed by atoms with Gasteiger partial charge in [-0.15, -0.1) is 12.4 Å². The number of anilines is 2. The third-order valence-corrected chi connectivity index (χ3v) is 6.20. The highest BCUT2D eigenvalue weighted by molar-refractivity contribution is 7.89. The van der Waals surface area contributed by atoms with Gasteiger partial charge in [0.1, 0.15) is 0 Å². The first-order chi connectivity index (χ1) is 15.6. The molecule has 3 aromatic carbocycles. The molecular weight excluding hydrogens is 458 g/mol. The second kappa shape index (κ2) is 11.4. The number of hydrogen-bond acceptors (Lipinski definition) is 4. The molecule has 170 valence electrons. The molecule has 0 spiro atoms. The SMILES string of the molecule is Cl.O=S(=O)(NCCN=C(Nc1ccccc1)Nc1ccccc1)c1cccc2cnccc12. The van der Waals surface area contributed by atoms with E-state index in [2.05, 4.69) is 25.3 Å². The molecule has 0 aliphatic carbocycles. The van der Waals surface area contributed by atoms with Crippen LogP contribution < -0.4 is 15.4 Å². The molecule has 0 radical (unpaired) electrons. The Morgan fingerprint density at radius 1 is 0.818 bits per heavy atom. The Bertz CT molecular complexity index is 1270. The predicted molar refractivity (Wildman–Crippen MR) is 137 cm³/mol. The van der Waals surface area contributed by atoms with Gasteiger partial charge in [0.15, 0.2) is 5.96 Å². The summed E-state index contributed by atoms with van der Waals surface area (Å²) in [4.78, 5) is 8.81. The van der Waals surface area contributed by atoms with Crippen molar-refractivity contribution in [1.29, 1.82) is 0 Å². The van der Waals surface area contributed by atoms with Crippen LogP contribution in [0.1, 0.15) is 0 Å². The van der Waals surface area contributed by atoms with Crippen LogP contribution in [0.4, 0.5) is 11.4 Å². The summed E-state index contributed by atoms with van der Waals surface area (Å²) < 4.78 is 28.4. The van der Waals surface area contributed by atoms with Crippen molar-refractivity contribution in [2.45, 2.75) is 4.90 Å². The van der Waals surface area contributed by atoms with Gasteiger partial charge >= 0.3 is 0 Å². The first-order valence-corrected chi connectivity index (χ1v) is 11.6. The Balaban J connectivity index is 0.00000306. The fourth-order valence-electron chi connectivity index (χ4n) is 3.18. The molecule has 0 saturated carbocycles. The van der Waals surface area contributed by atoms with E-state index in [1.165, 1.54) is 0 Å². The van der Waals surface area contributed by atoms with Crippen molar-refractivity contribution in [3.63, 3.8) is 0 Å². The zero-order valence-corrected chi connectivity index (χ0v) is 19.3. The quantitative estimate of drug-likeness (QED) is 0.205. The number of benzene rings is 3. The Morgan fingerprint density at radius 2 is 1.45 bits per heavy atom. The van der Waals surface area contributed by atoms with Crippen LogP contribution in [0.3, 0.4) is 0 Å². The molecule has 0 aliphatic heterocycles. The Kier molecular flexibility index (Phi) is 8.37. The molecule has 3 N–H and O–H groups in total. The molecule has 0 amide bonds. The maximum Gasteiger partial charge on any atom is 0.241 e. The van der Waals surface area contributed by atoms with Gasteiger partial charge in [0, 0.05) is 41.1 Å². The minimum absolute atomic E-state index is 0. The smallest absolute Gasteiger partial charge is 0.241 e. The highest BCUT2D eigenvalue weighted by atomic mass is 35.5. The number of aromatic nitrogens is 1. The fraction of sp³-hybridized carbons (Fsp3) is 0.0833. The molecule has 7 nitrogen and oxygen atoms in total. The molecule has 9 heteroatoms. The van der Waals surface area contributed by atoms with Crippen LogP contribution in [-0.2, 0) is 10.0 Å². The van der Waals surface area contributed by atoms with Crippen molar-refractivity contribution in [3.05, 3.63) is 97.3 Å². The molecule has 0 unspecified atom stereocenters. The highest BCUT2D eigenvalue weighted by Crippen LogP contribution is 2.21. The van der Waals surface area contributed by atoms with E-state index in [4.69, 9.17) is 0 Å². The first kappa shape index (κ1) is 24.2. The summed E-state index contributed by atoms with van der Waals surface area (Å²) in [6.07, 6.45) is 3.23. The number of nitrogens with one attached hydrogen (secondary N) is 3. The largest absolute Gasteiger partial charge is 0.326 e. The number of para-hydroxylation sites is 2. The molecular formula is C24H24ClN5O2S. The third-order valence-electron chi connectivity index (χ3n) is 4.68. The maximum absolute atomic E-state index is 12.9. The molecule has 0 bridgehead atoms. The number of sulfonamides is 1. The van der Waals surface area contributed by atoms with E-state index in [-0.39, 0.29) is 30.4 Å². The second-order valence-electron chi connectivity index (χ2n) is 6.96. The van der Waals surface area contributed by atoms with Gasteiger partial charge in [-0.1, -0.05) is 48.5 Å². The lowest BCUT2D eigenvalue weighted by atomic mass is 10.2. The van der Waals surface area contributed by atoms with Crippen molar-refractivity contribution in [1.82, 2.24) is 9.71 Å². The van der Waals surface area contributed by atoms with E-state index >= 15 is 0 Å². The molecule has 33 heavy (non-hydrogen) atoms. The number of rotatable bonds is 7. The van der Waals surface area contributed by atoms with Crippen LogP contribution in [0.15, 0.2) is 107 Å². The van der Waals surface area contributed by atoms with Gasteiger partial charge in [-0.25, -0.2) is 13.1 Å². The summed E-state index contributed by atoms with van der Waals surface area (Å²) in [5, 5.41) is 7.88. The second-order valence-corrected chi connectivity index (χ2v) is 8.70. The summed E-state index contributed by atoms with van der Waals surface area (Å²) in [6.45, 7) is 0.404. The summed E-state index contributed by atoms with van der Waals surface area (Å²) in [5.41, 5.74) is 1.75. The summed E-state index contributed by atoms with van der Waals surface area (Å²) in [6, 6.07) is 26.1. The lowest BCUT2D eigenvalue weighted by Gasteiger charge is -2.13. The van der Waals surface area contributed by atoms with Crippen molar-refractivity contribution >= 4 is 50.5 Å². The first-order valence-electron chi connectivity index (χ1n) is 10.1. The number of pyridine rings is 1.